The first-order chi connectivity index (χ1) is 15.3. The Balaban J connectivity index is 1.71. The third kappa shape index (κ3) is 4.53. The summed E-state index contributed by atoms with van der Waals surface area (Å²) in [5, 5.41) is 4.55. The van der Waals surface area contributed by atoms with Crippen molar-refractivity contribution in [3.05, 3.63) is 81.1 Å². The standard InChI is InChI=1S/C24H27N3O4S/c1-17-4-5-18(2)21(14-17)16-27-24(28)9-8-22(25-27)20-7-6-19(3)23(15-20)32(29,30)26-10-12-31-13-11-26/h4-9,14-15H,10-13,16H2,1-3H3. The number of benzene rings is 2. The van der Waals surface area contributed by atoms with Gasteiger partial charge in [0.25, 0.3) is 5.56 Å². The van der Waals surface area contributed by atoms with Gasteiger partial charge in [-0.1, -0.05) is 35.9 Å². The molecule has 0 amide bonds. The van der Waals surface area contributed by atoms with Crippen LogP contribution in [0.5, 0.6) is 0 Å². The molecule has 1 saturated heterocycles. The van der Waals surface area contributed by atoms with Crippen molar-refractivity contribution in [1.29, 1.82) is 0 Å². The van der Waals surface area contributed by atoms with E-state index in [-0.39, 0.29) is 10.5 Å². The monoisotopic (exact) mass is 453 g/mol. The summed E-state index contributed by atoms with van der Waals surface area (Å²) in [7, 11) is -3.64. The number of ether oxygens (including phenoxy) is 1. The van der Waals surface area contributed by atoms with Crippen molar-refractivity contribution in [3.63, 3.8) is 0 Å². The molecule has 0 N–H and O–H groups in total. The molecule has 2 aromatic carbocycles. The molecule has 32 heavy (non-hydrogen) atoms. The Labute approximate surface area is 188 Å². The molecule has 0 saturated carbocycles. The number of aryl methyl sites for hydroxylation is 3. The zero-order valence-corrected chi connectivity index (χ0v) is 19.4. The van der Waals surface area contributed by atoms with Gasteiger partial charge in [0.1, 0.15) is 0 Å². The molecule has 3 aromatic rings. The van der Waals surface area contributed by atoms with E-state index in [4.69, 9.17) is 4.74 Å². The Morgan fingerprint density at radius 1 is 0.938 bits per heavy atom. The molecule has 1 aliphatic heterocycles. The molecular formula is C24H27N3O4S. The van der Waals surface area contributed by atoms with Gasteiger partial charge in [0, 0.05) is 24.7 Å². The molecular weight excluding hydrogens is 426 g/mol. The van der Waals surface area contributed by atoms with Crippen LogP contribution in [0.2, 0.25) is 0 Å². The van der Waals surface area contributed by atoms with E-state index in [1.165, 1.54) is 15.1 Å². The van der Waals surface area contributed by atoms with Crippen LogP contribution in [-0.4, -0.2) is 48.8 Å². The summed E-state index contributed by atoms with van der Waals surface area (Å²) < 4.78 is 34.6. The van der Waals surface area contributed by atoms with Crippen LogP contribution in [0.25, 0.3) is 11.3 Å². The highest BCUT2D eigenvalue weighted by atomic mass is 32.2. The van der Waals surface area contributed by atoms with Gasteiger partial charge >= 0.3 is 0 Å². The normalized spacial score (nSPS) is 15.1. The van der Waals surface area contributed by atoms with Gasteiger partial charge in [-0.2, -0.15) is 9.40 Å². The van der Waals surface area contributed by atoms with Gasteiger partial charge < -0.3 is 4.74 Å². The first kappa shape index (κ1) is 22.4. The van der Waals surface area contributed by atoms with Crippen molar-refractivity contribution in [1.82, 2.24) is 14.1 Å². The van der Waals surface area contributed by atoms with Crippen LogP contribution < -0.4 is 5.56 Å². The van der Waals surface area contributed by atoms with Gasteiger partial charge in [-0.3, -0.25) is 4.79 Å². The van der Waals surface area contributed by atoms with Crippen LogP contribution in [0.4, 0.5) is 0 Å². The van der Waals surface area contributed by atoms with Gasteiger partial charge in [-0.25, -0.2) is 13.1 Å². The van der Waals surface area contributed by atoms with E-state index in [1.807, 2.05) is 32.0 Å². The van der Waals surface area contributed by atoms with E-state index >= 15 is 0 Å². The smallest absolute Gasteiger partial charge is 0.267 e. The van der Waals surface area contributed by atoms with Crippen LogP contribution in [0.1, 0.15) is 22.3 Å². The lowest BCUT2D eigenvalue weighted by molar-refractivity contribution is 0.0730. The fourth-order valence-corrected chi connectivity index (χ4v) is 5.47. The summed E-state index contributed by atoms with van der Waals surface area (Å²) in [6, 6.07) is 14.5. The van der Waals surface area contributed by atoms with Gasteiger partial charge in [0.2, 0.25) is 10.0 Å². The molecule has 0 aliphatic carbocycles. The number of sulfonamides is 1. The SMILES string of the molecule is Cc1ccc(C)c(Cn2nc(-c3ccc(C)c(S(=O)(=O)N4CCOCC4)c3)ccc2=O)c1. The molecule has 1 aliphatic rings. The molecule has 0 spiro atoms. The Kier molecular flexibility index (Phi) is 6.28. The predicted octanol–water partition coefficient (Wildman–Crippen LogP) is 2.90. The fraction of sp³-hybridized carbons (Fsp3) is 0.333. The van der Waals surface area contributed by atoms with Crippen LogP contribution in [0.3, 0.4) is 0 Å². The second kappa shape index (κ2) is 8.97. The van der Waals surface area contributed by atoms with E-state index in [0.29, 0.717) is 49.7 Å². The van der Waals surface area contributed by atoms with Crippen molar-refractivity contribution in [2.24, 2.45) is 0 Å². The quantitative estimate of drug-likeness (QED) is 0.593. The second-order valence-corrected chi connectivity index (χ2v) is 10.0. The fourth-order valence-electron chi connectivity index (χ4n) is 3.81. The maximum absolute atomic E-state index is 13.2. The first-order valence-electron chi connectivity index (χ1n) is 10.6. The summed E-state index contributed by atoms with van der Waals surface area (Å²) in [6.45, 7) is 7.61. The average molecular weight is 454 g/mol. The van der Waals surface area contributed by atoms with Crippen molar-refractivity contribution >= 4 is 10.0 Å². The van der Waals surface area contributed by atoms with E-state index in [2.05, 4.69) is 11.2 Å². The molecule has 1 fully saturated rings. The third-order valence-electron chi connectivity index (χ3n) is 5.76. The second-order valence-electron chi connectivity index (χ2n) is 8.14. The van der Waals surface area contributed by atoms with Gasteiger partial charge in [0.15, 0.2) is 0 Å². The lowest BCUT2D eigenvalue weighted by Crippen LogP contribution is -2.40. The lowest BCUT2D eigenvalue weighted by atomic mass is 10.1. The van der Waals surface area contributed by atoms with Gasteiger partial charge in [0.05, 0.1) is 30.3 Å². The minimum absolute atomic E-state index is 0.206. The molecule has 4 rings (SSSR count). The van der Waals surface area contributed by atoms with Crippen molar-refractivity contribution < 1.29 is 13.2 Å². The van der Waals surface area contributed by atoms with E-state index < -0.39 is 10.0 Å². The predicted molar refractivity (Wildman–Crippen MR) is 123 cm³/mol. The zero-order chi connectivity index (χ0) is 22.9. The van der Waals surface area contributed by atoms with Crippen LogP contribution in [0, 0.1) is 20.8 Å². The minimum Gasteiger partial charge on any atom is -0.379 e. The Morgan fingerprint density at radius 3 is 2.41 bits per heavy atom. The third-order valence-corrected chi connectivity index (χ3v) is 7.80. The highest BCUT2D eigenvalue weighted by molar-refractivity contribution is 7.89. The molecule has 1 aromatic heterocycles. The maximum Gasteiger partial charge on any atom is 0.267 e. The van der Waals surface area contributed by atoms with Crippen molar-refractivity contribution in [3.8, 4) is 11.3 Å². The summed E-state index contributed by atoms with van der Waals surface area (Å²) in [5.41, 5.74) is 4.89. The number of hydrogen-bond donors (Lipinski definition) is 0. The largest absolute Gasteiger partial charge is 0.379 e. The van der Waals surface area contributed by atoms with Crippen LogP contribution >= 0.6 is 0 Å². The van der Waals surface area contributed by atoms with Crippen molar-refractivity contribution in [2.75, 3.05) is 26.3 Å². The van der Waals surface area contributed by atoms with E-state index in [1.54, 1.807) is 25.1 Å². The molecule has 0 radical (unpaired) electrons. The minimum atomic E-state index is -3.64. The number of aromatic nitrogens is 2. The summed E-state index contributed by atoms with van der Waals surface area (Å²) in [4.78, 5) is 12.7. The molecule has 0 atom stereocenters. The number of rotatable bonds is 5. The Morgan fingerprint density at radius 2 is 1.66 bits per heavy atom. The van der Waals surface area contributed by atoms with Crippen LogP contribution in [-0.2, 0) is 21.3 Å². The van der Waals surface area contributed by atoms with Gasteiger partial charge in [-0.15, -0.1) is 0 Å². The Hall–Kier alpha value is -2.81. The topological polar surface area (TPSA) is 81.5 Å². The van der Waals surface area contributed by atoms with Crippen molar-refractivity contribution in [2.45, 2.75) is 32.2 Å². The number of hydrogen-bond acceptors (Lipinski definition) is 5. The molecule has 0 unspecified atom stereocenters. The molecule has 0 bridgehead atoms. The molecule has 7 nitrogen and oxygen atoms in total. The summed E-state index contributed by atoms with van der Waals surface area (Å²) in [5.74, 6) is 0. The Bertz CT molecular complexity index is 1310. The zero-order valence-electron chi connectivity index (χ0n) is 18.5. The molecule has 168 valence electrons. The summed E-state index contributed by atoms with van der Waals surface area (Å²) >= 11 is 0. The summed E-state index contributed by atoms with van der Waals surface area (Å²) in [6.07, 6.45) is 0. The number of nitrogens with zero attached hydrogens (tertiary/aromatic N) is 3. The van der Waals surface area contributed by atoms with Crippen LogP contribution in [0.15, 0.2) is 58.2 Å². The maximum atomic E-state index is 13.2. The highest BCUT2D eigenvalue weighted by Gasteiger charge is 2.28. The number of morpholine rings is 1. The van der Waals surface area contributed by atoms with Gasteiger partial charge in [-0.05, 0) is 49.6 Å². The first-order valence-corrected chi connectivity index (χ1v) is 12.0. The average Bonchev–Trinajstić information content (AvgIpc) is 2.78. The lowest BCUT2D eigenvalue weighted by Gasteiger charge is -2.26. The molecule has 8 heteroatoms. The van der Waals surface area contributed by atoms with E-state index in [0.717, 1.165) is 16.7 Å². The highest BCUT2D eigenvalue weighted by Crippen LogP contribution is 2.26. The van der Waals surface area contributed by atoms with E-state index in [9.17, 15) is 13.2 Å². The molecule has 2 heterocycles.